The third-order valence-corrected chi connectivity index (χ3v) is 0.892. The fourth-order valence-electron chi connectivity index (χ4n) is 0.503. The molecule has 42 valence electrons. The number of rotatable bonds is 1. The van der Waals surface area contributed by atoms with Gasteiger partial charge in [0.05, 0.1) is 11.8 Å². The summed E-state index contributed by atoms with van der Waals surface area (Å²) in [5, 5.41) is 3.29. The van der Waals surface area contributed by atoms with Crippen molar-refractivity contribution < 1.29 is 4.79 Å². The molecule has 0 aliphatic carbocycles. The van der Waals surface area contributed by atoms with Crippen molar-refractivity contribution in [1.82, 2.24) is 5.01 Å². The minimum atomic E-state index is -0.333. The molecule has 4 nitrogen and oxygen atoms in total. The van der Waals surface area contributed by atoms with Crippen LogP contribution in [0.3, 0.4) is 0 Å². The van der Waals surface area contributed by atoms with Crippen LogP contribution in [0.4, 0.5) is 0 Å². The first-order valence-corrected chi connectivity index (χ1v) is 2.16. The van der Waals surface area contributed by atoms with Crippen molar-refractivity contribution in [3.8, 4) is 0 Å². The third-order valence-electron chi connectivity index (χ3n) is 0.892. The number of carbonyl (C=O) groups is 1. The first kappa shape index (κ1) is 4.96. The molecule has 0 saturated carbocycles. The smallest absolute Gasteiger partial charge is 0.268 e. The van der Waals surface area contributed by atoms with Crippen molar-refractivity contribution in [2.24, 2.45) is 5.29 Å². The Bertz CT molecular complexity index is 152. The summed E-state index contributed by atoms with van der Waals surface area (Å²) >= 11 is 0. The van der Waals surface area contributed by atoms with Crippen molar-refractivity contribution in [2.45, 2.75) is 0 Å². The highest BCUT2D eigenvalue weighted by Crippen LogP contribution is 1.99. The number of amides is 1. The van der Waals surface area contributed by atoms with Crippen molar-refractivity contribution in [1.29, 1.82) is 0 Å². The van der Waals surface area contributed by atoms with Gasteiger partial charge in [-0.1, -0.05) is 6.08 Å². The molecule has 0 N–H and O–H groups in total. The van der Waals surface area contributed by atoms with Gasteiger partial charge in [-0.15, -0.1) is 4.91 Å². The Kier molecular flexibility index (Phi) is 1.07. The van der Waals surface area contributed by atoms with Crippen molar-refractivity contribution in [2.75, 3.05) is 6.54 Å². The van der Waals surface area contributed by atoms with E-state index in [0.29, 0.717) is 6.54 Å². The fraction of sp³-hybridized carbons (Fsp3) is 0.250. The molecule has 0 radical (unpaired) electrons. The molecule has 4 heteroatoms. The van der Waals surface area contributed by atoms with Gasteiger partial charge in [0.25, 0.3) is 5.91 Å². The van der Waals surface area contributed by atoms with Gasteiger partial charge < -0.3 is 0 Å². The van der Waals surface area contributed by atoms with Crippen molar-refractivity contribution in [3.05, 3.63) is 17.1 Å². The van der Waals surface area contributed by atoms with Crippen LogP contribution < -0.4 is 0 Å². The van der Waals surface area contributed by atoms with Crippen LogP contribution in [0.25, 0.3) is 0 Å². The lowest BCUT2D eigenvalue weighted by molar-refractivity contribution is -0.124. The molecule has 0 aromatic rings. The number of carbonyl (C=O) groups excluding carboxylic acids is 1. The zero-order chi connectivity index (χ0) is 5.98. The van der Waals surface area contributed by atoms with Gasteiger partial charge >= 0.3 is 0 Å². The Labute approximate surface area is 45.7 Å². The molecule has 0 aromatic carbocycles. The lowest BCUT2D eigenvalue weighted by Crippen LogP contribution is -2.17. The van der Waals surface area contributed by atoms with Crippen molar-refractivity contribution >= 4 is 5.91 Å². The second kappa shape index (κ2) is 1.73. The number of hydrogen-bond donors (Lipinski definition) is 0. The maximum absolute atomic E-state index is 10.4. The normalized spacial score (nSPS) is 17.5. The molecular formula is C4H4N2O2. The zero-order valence-corrected chi connectivity index (χ0v) is 4.07. The molecule has 0 fully saturated rings. The van der Waals surface area contributed by atoms with Gasteiger partial charge in [-0.3, -0.25) is 4.79 Å². The summed E-state index contributed by atoms with van der Waals surface area (Å²) in [6.45, 7) is 0.322. The van der Waals surface area contributed by atoms with E-state index in [1.807, 2.05) is 0 Å². The zero-order valence-electron chi connectivity index (χ0n) is 4.07. The highest BCUT2D eigenvalue weighted by atomic mass is 16.3. The van der Waals surface area contributed by atoms with E-state index >= 15 is 0 Å². The fourth-order valence-corrected chi connectivity index (χ4v) is 0.503. The lowest BCUT2D eigenvalue weighted by atomic mass is 10.6. The van der Waals surface area contributed by atoms with E-state index in [0.717, 1.165) is 5.01 Å². The van der Waals surface area contributed by atoms with Gasteiger partial charge in [0.2, 0.25) is 0 Å². The summed E-state index contributed by atoms with van der Waals surface area (Å²) < 4.78 is 0. The van der Waals surface area contributed by atoms with Gasteiger partial charge in [0.1, 0.15) is 0 Å². The molecule has 0 atom stereocenters. The summed E-state index contributed by atoms with van der Waals surface area (Å²) in [4.78, 5) is 20.0. The van der Waals surface area contributed by atoms with E-state index in [1.165, 1.54) is 6.08 Å². The molecule has 1 rings (SSSR count). The van der Waals surface area contributed by atoms with Crippen LogP contribution in [0.1, 0.15) is 0 Å². The Morgan fingerprint density at radius 1 is 1.75 bits per heavy atom. The number of hydrogen-bond acceptors (Lipinski definition) is 3. The van der Waals surface area contributed by atoms with Crippen molar-refractivity contribution in [3.63, 3.8) is 0 Å². The van der Waals surface area contributed by atoms with E-state index in [2.05, 4.69) is 5.29 Å². The first-order valence-electron chi connectivity index (χ1n) is 2.16. The quantitative estimate of drug-likeness (QED) is 0.450. The summed E-state index contributed by atoms with van der Waals surface area (Å²) in [6, 6.07) is 0. The largest absolute Gasteiger partial charge is 0.269 e. The van der Waals surface area contributed by atoms with Crippen LogP contribution >= 0.6 is 0 Å². The van der Waals surface area contributed by atoms with E-state index < -0.39 is 0 Å². The molecule has 0 unspecified atom stereocenters. The van der Waals surface area contributed by atoms with Gasteiger partial charge in [0.15, 0.2) is 0 Å². The van der Waals surface area contributed by atoms with E-state index in [9.17, 15) is 9.70 Å². The van der Waals surface area contributed by atoms with Crippen LogP contribution in [-0.4, -0.2) is 17.5 Å². The summed E-state index contributed by atoms with van der Waals surface area (Å²) in [6.07, 6.45) is 2.91. The average molecular weight is 112 g/mol. The number of nitroso groups, excluding NO2 is 1. The number of nitrogens with zero attached hydrogens (tertiary/aromatic N) is 2. The van der Waals surface area contributed by atoms with E-state index in [4.69, 9.17) is 0 Å². The molecule has 0 spiro atoms. The summed E-state index contributed by atoms with van der Waals surface area (Å²) in [5.74, 6) is -0.333. The minimum absolute atomic E-state index is 0.322. The topological polar surface area (TPSA) is 49.7 Å². The molecule has 1 heterocycles. The summed E-state index contributed by atoms with van der Waals surface area (Å²) in [7, 11) is 0. The first-order chi connectivity index (χ1) is 3.84. The Hall–Kier alpha value is -1.19. The molecule has 0 bridgehead atoms. The minimum Gasteiger partial charge on any atom is -0.268 e. The van der Waals surface area contributed by atoms with Crippen LogP contribution in [-0.2, 0) is 4.79 Å². The second-order valence-electron chi connectivity index (χ2n) is 1.40. The Balaban J connectivity index is 2.63. The maximum atomic E-state index is 10.4. The molecule has 1 aliphatic rings. The predicted octanol–water partition coefficient (Wildman–Crippen LogP) is 0.0662. The average Bonchev–Trinajstić information content (AvgIpc) is 2.14. The standard InChI is InChI=1S/C4H4N2O2/c7-4-2-1-3-6(4)5-8/h1-2H,3H2. The van der Waals surface area contributed by atoms with Crippen LogP contribution in [0.5, 0.6) is 0 Å². The van der Waals surface area contributed by atoms with Crippen LogP contribution in [0.15, 0.2) is 17.4 Å². The predicted molar refractivity (Wildman–Crippen MR) is 26.6 cm³/mol. The van der Waals surface area contributed by atoms with Gasteiger partial charge in [-0.25, -0.2) is 0 Å². The van der Waals surface area contributed by atoms with Gasteiger partial charge in [-0.2, -0.15) is 5.01 Å². The highest BCUT2D eigenvalue weighted by molar-refractivity contribution is 5.89. The third kappa shape index (κ3) is 0.598. The highest BCUT2D eigenvalue weighted by Gasteiger charge is 2.13. The van der Waals surface area contributed by atoms with E-state index in [1.54, 1.807) is 6.08 Å². The molecule has 0 aromatic heterocycles. The van der Waals surface area contributed by atoms with Gasteiger partial charge in [0, 0.05) is 6.08 Å². The molecule has 1 aliphatic heterocycles. The Morgan fingerprint density at radius 3 is 2.75 bits per heavy atom. The molecule has 0 saturated heterocycles. The Morgan fingerprint density at radius 2 is 2.50 bits per heavy atom. The van der Waals surface area contributed by atoms with Crippen LogP contribution in [0, 0.1) is 4.91 Å². The molecule has 8 heavy (non-hydrogen) atoms. The molecular weight excluding hydrogens is 108 g/mol. The maximum Gasteiger partial charge on any atom is 0.269 e. The monoisotopic (exact) mass is 112 g/mol. The van der Waals surface area contributed by atoms with Gasteiger partial charge in [-0.05, 0) is 0 Å². The second-order valence-corrected chi connectivity index (χ2v) is 1.40. The molecule has 1 amide bonds. The lowest BCUT2D eigenvalue weighted by Gasteiger charge is -1.98. The van der Waals surface area contributed by atoms with E-state index in [-0.39, 0.29) is 5.91 Å². The van der Waals surface area contributed by atoms with Crippen LogP contribution in [0.2, 0.25) is 0 Å². The SMILES string of the molecule is O=NN1CC=CC1=O. The summed E-state index contributed by atoms with van der Waals surface area (Å²) in [5.41, 5.74) is 0.